The number of imide groups is 1. The summed E-state index contributed by atoms with van der Waals surface area (Å²) in [5, 5.41) is 28.8. The minimum atomic E-state index is -0.735. The van der Waals surface area contributed by atoms with Gasteiger partial charge in [-0.2, -0.15) is 5.26 Å². The molecule has 2 aromatic carbocycles. The van der Waals surface area contributed by atoms with Gasteiger partial charge in [0.2, 0.25) is 5.88 Å². The van der Waals surface area contributed by atoms with Gasteiger partial charge in [0.15, 0.2) is 5.69 Å². The second-order valence-corrected chi connectivity index (χ2v) is 8.86. The van der Waals surface area contributed by atoms with E-state index in [1.807, 2.05) is 19.9 Å². The smallest absolute Gasteiger partial charge is 0.493 e. The molecule has 0 saturated carbocycles. The van der Waals surface area contributed by atoms with Gasteiger partial charge in [0.25, 0.3) is 17.4 Å². The van der Waals surface area contributed by atoms with E-state index in [2.05, 4.69) is 10.2 Å². The maximum Gasteiger partial charge on any atom is 2.00 e. The number of carbonyl (C=O) groups excluding carboxylic acids is 2. The van der Waals surface area contributed by atoms with Crippen LogP contribution in [0.1, 0.15) is 45.7 Å². The van der Waals surface area contributed by atoms with E-state index in [-0.39, 0.29) is 68.8 Å². The second kappa shape index (κ2) is 10.5. The summed E-state index contributed by atoms with van der Waals surface area (Å²) < 4.78 is 0.917. The van der Waals surface area contributed by atoms with Gasteiger partial charge in [0.1, 0.15) is 11.6 Å². The Kier molecular flexibility index (Phi) is 7.80. The Morgan fingerprint density at radius 2 is 1.78 bits per heavy atom. The molecule has 0 fully saturated rings. The van der Waals surface area contributed by atoms with Crippen LogP contribution in [0.2, 0.25) is 5.02 Å². The number of nitrogens with zero attached hydrogens (tertiary/aromatic N) is 5. The number of pyridine rings is 1. The predicted molar refractivity (Wildman–Crippen MR) is 129 cm³/mol. The van der Waals surface area contributed by atoms with Gasteiger partial charge in [-0.1, -0.05) is 37.6 Å². The molecule has 0 saturated heterocycles. The quantitative estimate of drug-likeness (QED) is 0.269. The van der Waals surface area contributed by atoms with Crippen molar-refractivity contribution < 1.29 is 31.8 Å². The van der Waals surface area contributed by atoms with Gasteiger partial charge in [-0.15, -0.1) is 10.2 Å². The van der Waals surface area contributed by atoms with Crippen molar-refractivity contribution >= 4 is 34.8 Å². The van der Waals surface area contributed by atoms with Crippen molar-refractivity contribution in [3.63, 3.8) is 0 Å². The molecule has 1 aromatic heterocycles. The molecule has 185 valence electrons. The number of nitriles is 1. The zero-order valence-corrected chi connectivity index (χ0v) is 21.1. The maximum atomic E-state index is 13.3. The van der Waals surface area contributed by atoms with Crippen molar-refractivity contribution in [1.29, 1.82) is 5.26 Å². The second-order valence-electron chi connectivity index (χ2n) is 8.42. The maximum absolute atomic E-state index is 13.3. The third-order valence-corrected chi connectivity index (χ3v) is 5.77. The molecule has 0 spiro atoms. The zero-order chi connectivity index (χ0) is 25.4. The zero-order valence-electron chi connectivity index (χ0n) is 19.4. The molecule has 0 atom stereocenters. The van der Waals surface area contributed by atoms with Crippen LogP contribution in [-0.2, 0) is 17.1 Å². The first-order chi connectivity index (χ1) is 16.6. The van der Waals surface area contributed by atoms with Gasteiger partial charge in [0.05, 0.1) is 22.5 Å². The molecule has 36 heavy (non-hydrogen) atoms. The minimum Gasteiger partial charge on any atom is -0.493 e. The number of halogens is 1. The SMILES string of the molecule is Cc1c(C#N)c(O)n(-c2cccc(Cl)c2)c(=O)c1N=Nc1cccc2c1C(=O)N(CC(C)C)C2=O.[Cu+2]. The van der Waals surface area contributed by atoms with Crippen molar-refractivity contribution in [1.82, 2.24) is 9.47 Å². The Bertz CT molecular complexity index is 1520. The van der Waals surface area contributed by atoms with Crippen LogP contribution in [0.5, 0.6) is 5.88 Å². The van der Waals surface area contributed by atoms with Crippen LogP contribution in [0.25, 0.3) is 5.69 Å². The Labute approximate surface area is 222 Å². The summed E-state index contributed by atoms with van der Waals surface area (Å²) in [5.74, 6) is -1.37. The normalized spacial score (nSPS) is 12.7. The standard InChI is InChI=1S/C25H20ClN5O4.Cu/c1-13(2)12-30-22(32)17-8-5-9-19(20(17)24(30)34)28-29-21-14(3)18(11-27)23(33)31(25(21)35)16-7-4-6-15(26)10-16;/h4-10,13,33H,12H2,1-3H3;/q;+2. The van der Waals surface area contributed by atoms with Crippen LogP contribution >= 0.6 is 11.6 Å². The number of amides is 2. The number of carbonyl (C=O) groups is 2. The Hall–Kier alpha value is -3.77. The van der Waals surface area contributed by atoms with Crippen molar-refractivity contribution in [2.45, 2.75) is 20.8 Å². The molecule has 2 amide bonds. The molecule has 11 heteroatoms. The Morgan fingerprint density at radius 3 is 2.42 bits per heavy atom. The van der Waals surface area contributed by atoms with Gasteiger partial charge >= 0.3 is 17.1 Å². The summed E-state index contributed by atoms with van der Waals surface area (Å²) in [5.41, 5.74) is -0.308. The number of hydrogen-bond acceptors (Lipinski definition) is 7. The van der Waals surface area contributed by atoms with Crippen LogP contribution in [0.15, 0.2) is 57.5 Å². The Morgan fingerprint density at radius 1 is 1.08 bits per heavy atom. The fourth-order valence-corrected chi connectivity index (χ4v) is 4.09. The van der Waals surface area contributed by atoms with E-state index < -0.39 is 23.3 Å². The number of benzene rings is 2. The predicted octanol–water partition coefficient (Wildman–Crippen LogP) is 5.04. The molecule has 0 unspecified atom stereocenters. The molecule has 3 aromatic rings. The average Bonchev–Trinajstić information content (AvgIpc) is 3.04. The molecule has 0 aliphatic carbocycles. The fraction of sp³-hybridized carbons (Fsp3) is 0.200. The van der Waals surface area contributed by atoms with Crippen molar-refractivity contribution in [2.24, 2.45) is 16.1 Å². The number of rotatable bonds is 5. The van der Waals surface area contributed by atoms with E-state index in [0.29, 0.717) is 5.02 Å². The van der Waals surface area contributed by atoms with Gasteiger partial charge in [-0.25, -0.2) is 4.57 Å². The molecule has 1 N–H and O–H groups in total. The van der Waals surface area contributed by atoms with E-state index in [1.165, 1.54) is 24.0 Å². The third-order valence-electron chi connectivity index (χ3n) is 5.53. The van der Waals surface area contributed by atoms with Crippen molar-refractivity contribution in [3.8, 4) is 17.6 Å². The summed E-state index contributed by atoms with van der Waals surface area (Å²) in [6.45, 7) is 5.52. The van der Waals surface area contributed by atoms with Crippen molar-refractivity contribution in [3.05, 3.63) is 80.1 Å². The molecule has 1 radical (unpaired) electrons. The molecular weight excluding hydrogens is 533 g/mol. The Balaban J connectivity index is 0.00000361. The van der Waals surface area contributed by atoms with E-state index in [1.54, 1.807) is 30.3 Å². The first-order valence-electron chi connectivity index (χ1n) is 10.7. The fourth-order valence-electron chi connectivity index (χ4n) is 3.90. The van der Waals surface area contributed by atoms with E-state index in [4.69, 9.17) is 11.6 Å². The number of hydrogen-bond donors (Lipinski definition) is 1. The molecule has 1 aliphatic heterocycles. The van der Waals surface area contributed by atoms with Crippen LogP contribution in [-0.4, -0.2) is 32.9 Å². The van der Waals surface area contributed by atoms with Crippen LogP contribution in [0.3, 0.4) is 0 Å². The van der Waals surface area contributed by atoms with Crippen LogP contribution in [0.4, 0.5) is 11.4 Å². The number of aromatic hydroxyl groups is 1. The average molecular weight is 553 g/mol. The van der Waals surface area contributed by atoms with Gasteiger partial charge in [0, 0.05) is 17.1 Å². The molecule has 9 nitrogen and oxygen atoms in total. The molecule has 1 aliphatic rings. The molecule has 2 heterocycles. The van der Waals surface area contributed by atoms with Gasteiger partial charge in [-0.3, -0.25) is 19.3 Å². The van der Waals surface area contributed by atoms with Gasteiger partial charge in [-0.05, 0) is 43.2 Å². The van der Waals surface area contributed by atoms with Crippen LogP contribution in [0, 0.1) is 24.2 Å². The summed E-state index contributed by atoms with van der Waals surface area (Å²) in [6, 6.07) is 12.7. The molecule has 4 rings (SSSR count). The summed E-state index contributed by atoms with van der Waals surface area (Å²) >= 11 is 6.04. The number of aromatic nitrogens is 1. The third kappa shape index (κ3) is 4.56. The topological polar surface area (TPSA) is 128 Å². The van der Waals surface area contributed by atoms with Crippen LogP contribution < -0.4 is 5.56 Å². The summed E-state index contributed by atoms with van der Waals surface area (Å²) in [7, 11) is 0. The minimum absolute atomic E-state index is 0. The molecular formula is C25H20ClCuN5O4+2. The summed E-state index contributed by atoms with van der Waals surface area (Å²) in [6.07, 6.45) is 0. The largest absolute Gasteiger partial charge is 2.00 e. The number of azo groups is 1. The summed E-state index contributed by atoms with van der Waals surface area (Å²) in [4.78, 5) is 40.2. The van der Waals surface area contributed by atoms with E-state index in [9.17, 15) is 24.8 Å². The first-order valence-corrected chi connectivity index (χ1v) is 11.1. The molecule has 0 bridgehead atoms. The first kappa shape index (κ1) is 26.8. The van der Waals surface area contributed by atoms with Gasteiger partial charge < -0.3 is 5.11 Å². The van der Waals surface area contributed by atoms with E-state index >= 15 is 0 Å². The number of fused-ring (bicyclic) bond motifs is 1. The van der Waals surface area contributed by atoms with E-state index in [0.717, 1.165) is 4.57 Å². The van der Waals surface area contributed by atoms with Crippen molar-refractivity contribution in [2.75, 3.05) is 6.54 Å². The monoisotopic (exact) mass is 552 g/mol.